The van der Waals surface area contributed by atoms with Crippen LogP contribution in [0.4, 0.5) is 11.4 Å². The van der Waals surface area contributed by atoms with Crippen molar-refractivity contribution in [1.82, 2.24) is 5.43 Å². The van der Waals surface area contributed by atoms with Crippen molar-refractivity contribution in [2.24, 2.45) is 5.10 Å². The molecule has 0 unspecified atom stereocenters. The largest absolute Gasteiger partial charge is 0.494 e. The van der Waals surface area contributed by atoms with Crippen LogP contribution in [-0.4, -0.2) is 44.3 Å². The molecular formula is C28H27Cl2IN4O6. The molecule has 0 aliphatic rings. The second-order valence-electron chi connectivity index (χ2n) is 8.35. The van der Waals surface area contributed by atoms with E-state index in [1.165, 1.54) is 13.3 Å². The molecule has 3 amide bonds. The summed E-state index contributed by atoms with van der Waals surface area (Å²) in [5.74, 6) is -0.930. The van der Waals surface area contributed by atoms with Gasteiger partial charge in [0.2, 0.25) is 0 Å². The molecule has 13 heteroatoms. The van der Waals surface area contributed by atoms with Crippen molar-refractivity contribution in [3.63, 3.8) is 0 Å². The van der Waals surface area contributed by atoms with E-state index in [0.717, 1.165) is 12.8 Å². The third-order valence-corrected chi connectivity index (χ3v) is 6.91. The van der Waals surface area contributed by atoms with Gasteiger partial charge < -0.3 is 24.8 Å². The lowest BCUT2D eigenvalue weighted by atomic mass is 10.2. The summed E-state index contributed by atoms with van der Waals surface area (Å²) in [7, 11) is 1.45. The van der Waals surface area contributed by atoms with Gasteiger partial charge in [-0.05, 0) is 83.1 Å². The summed E-state index contributed by atoms with van der Waals surface area (Å²) >= 11 is 14.1. The molecule has 0 aliphatic carbocycles. The van der Waals surface area contributed by atoms with Gasteiger partial charge in [-0.1, -0.05) is 42.6 Å². The van der Waals surface area contributed by atoms with E-state index in [1.54, 1.807) is 54.6 Å². The fraction of sp³-hybridized carbons (Fsp3) is 0.214. The first-order valence-corrected chi connectivity index (χ1v) is 14.2. The topological polar surface area (TPSA) is 127 Å². The molecule has 0 saturated carbocycles. The molecule has 0 bridgehead atoms. The minimum Gasteiger partial charge on any atom is -0.494 e. The van der Waals surface area contributed by atoms with Crippen LogP contribution in [-0.2, 0) is 14.4 Å². The van der Waals surface area contributed by atoms with Crippen molar-refractivity contribution < 1.29 is 28.6 Å². The summed E-state index contributed by atoms with van der Waals surface area (Å²) in [6, 6.07) is 14.9. The van der Waals surface area contributed by atoms with Crippen LogP contribution in [0.25, 0.3) is 0 Å². The van der Waals surface area contributed by atoms with E-state index in [0.29, 0.717) is 49.4 Å². The van der Waals surface area contributed by atoms with Crippen LogP contribution in [0.5, 0.6) is 17.2 Å². The molecule has 216 valence electrons. The first-order chi connectivity index (χ1) is 19.7. The minimum atomic E-state index is -0.947. The van der Waals surface area contributed by atoms with Gasteiger partial charge in [-0.15, -0.1) is 0 Å². The lowest BCUT2D eigenvalue weighted by Crippen LogP contribution is -2.32. The summed E-state index contributed by atoms with van der Waals surface area (Å²) in [4.78, 5) is 36.8. The van der Waals surface area contributed by atoms with Crippen molar-refractivity contribution in [3.8, 4) is 17.2 Å². The monoisotopic (exact) mass is 712 g/mol. The smallest absolute Gasteiger partial charge is 0.329 e. The van der Waals surface area contributed by atoms with Crippen molar-refractivity contribution >= 4 is 81.1 Å². The average molecular weight is 713 g/mol. The lowest BCUT2D eigenvalue weighted by Gasteiger charge is -2.14. The van der Waals surface area contributed by atoms with E-state index < -0.39 is 17.7 Å². The third kappa shape index (κ3) is 9.80. The van der Waals surface area contributed by atoms with Crippen LogP contribution in [0, 0.1) is 3.57 Å². The lowest BCUT2D eigenvalue weighted by molar-refractivity contribution is -0.136. The first-order valence-electron chi connectivity index (χ1n) is 12.3. The minimum absolute atomic E-state index is 0.227. The Bertz CT molecular complexity index is 1420. The maximum absolute atomic E-state index is 12.4. The van der Waals surface area contributed by atoms with Gasteiger partial charge in [0.25, 0.3) is 5.91 Å². The van der Waals surface area contributed by atoms with E-state index in [9.17, 15) is 14.4 Å². The number of nitrogens with zero attached hydrogens (tertiary/aromatic N) is 1. The predicted octanol–water partition coefficient (Wildman–Crippen LogP) is 5.89. The van der Waals surface area contributed by atoms with E-state index in [-0.39, 0.29) is 11.6 Å². The van der Waals surface area contributed by atoms with Crippen molar-refractivity contribution in [2.75, 3.05) is 31.0 Å². The highest BCUT2D eigenvalue weighted by Gasteiger charge is 2.16. The second-order valence-corrected chi connectivity index (χ2v) is 10.3. The molecule has 0 fully saturated rings. The number of halogens is 3. The Hall–Kier alpha value is -3.55. The SMILES string of the molecule is CCCCOc1ccc(NC(=O)C(=O)N/N=C\c2cc(I)c(OCC(=O)Nc3cccc(Cl)c3Cl)c(OC)c2)cc1. The van der Waals surface area contributed by atoms with Crippen molar-refractivity contribution in [1.29, 1.82) is 0 Å². The molecule has 0 saturated heterocycles. The first kappa shape index (κ1) is 32.0. The number of ether oxygens (including phenoxy) is 3. The fourth-order valence-corrected chi connectivity index (χ4v) is 4.38. The zero-order valence-corrected chi connectivity index (χ0v) is 25.8. The van der Waals surface area contributed by atoms with E-state index in [1.807, 2.05) is 22.6 Å². The molecule has 0 aliphatic heterocycles. The molecule has 0 radical (unpaired) electrons. The maximum Gasteiger partial charge on any atom is 0.329 e. The summed E-state index contributed by atoms with van der Waals surface area (Å²) in [6.07, 6.45) is 3.32. The van der Waals surface area contributed by atoms with Gasteiger partial charge >= 0.3 is 11.8 Å². The molecule has 10 nitrogen and oxygen atoms in total. The Morgan fingerprint density at radius 3 is 2.46 bits per heavy atom. The molecule has 41 heavy (non-hydrogen) atoms. The van der Waals surface area contributed by atoms with Gasteiger partial charge in [-0.3, -0.25) is 14.4 Å². The number of unbranched alkanes of at least 4 members (excludes halogenated alkanes) is 1. The number of hydrogen-bond donors (Lipinski definition) is 3. The summed E-state index contributed by atoms with van der Waals surface area (Å²) in [6.45, 7) is 2.37. The molecule has 0 atom stereocenters. The number of rotatable bonds is 12. The Labute approximate surface area is 260 Å². The Balaban J connectivity index is 1.54. The number of carbonyl (C=O) groups is 3. The molecule has 3 N–H and O–H groups in total. The van der Waals surface area contributed by atoms with Crippen molar-refractivity contribution in [3.05, 3.63) is 73.8 Å². The van der Waals surface area contributed by atoms with Crippen molar-refractivity contribution in [2.45, 2.75) is 19.8 Å². The summed E-state index contributed by atoms with van der Waals surface area (Å²) in [5.41, 5.74) is 3.54. The zero-order valence-electron chi connectivity index (χ0n) is 22.1. The maximum atomic E-state index is 12.4. The molecule has 3 aromatic carbocycles. The molecule has 0 heterocycles. The van der Waals surface area contributed by atoms with Gasteiger partial charge in [0.1, 0.15) is 5.75 Å². The highest BCUT2D eigenvalue weighted by atomic mass is 127. The normalized spacial score (nSPS) is 10.7. The fourth-order valence-electron chi connectivity index (χ4n) is 3.25. The summed E-state index contributed by atoms with van der Waals surface area (Å²) < 4.78 is 17.3. The van der Waals surface area contributed by atoms with Crippen LogP contribution < -0.4 is 30.3 Å². The number of anilines is 2. The second kappa shape index (κ2) is 16.0. The molecule has 0 aromatic heterocycles. The number of nitrogens with one attached hydrogen (secondary N) is 3. The van der Waals surface area contributed by atoms with E-state index in [4.69, 9.17) is 37.4 Å². The standard InChI is InChI=1S/C28H27Cl2IN4O6/c1-3-4-12-40-19-10-8-18(9-11-19)33-27(37)28(38)35-32-15-17-13-21(31)26(23(14-17)39-2)41-16-24(36)34-22-7-5-6-20(29)25(22)30/h5-11,13-15H,3-4,12,16H2,1-2H3,(H,33,37)(H,34,36)(H,35,38)/b32-15-. The van der Waals surface area contributed by atoms with Gasteiger partial charge in [-0.2, -0.15) is 5.10 Å². The quantitative estimate of drug-likeness (QED) is 0.0707. The van der Waals surface area contributed by atoms with Gasteiger partial charge in [0.05, 0.1) is 39.2 Å². The highest BCUT2D eigenvalue weighted by molar-refractivity contribution is 14.1. The number of amides is 3. The van der Waals surface area contributed by atoms with Crippen LogP contribution in [0.15, 0.2) is 59.7 Å². The Morgan fingerprint density at radius 1 is 1.00 bits per heavy atom. The Kier molecular flexibility index (Phi) is 12.5. The number of methoxy groups -OCH3 is 1. The van der Waals surface area contributed by atoms with Crippen LogP contribution >= 0.6 is 45.8 Å². The molecule has 0 spiro atoms. The van der Waals surface area contributed by atoms with Crippen LogP contribution in [0.2, 0.25) is 10.0 Å². The third-order valence-electron chi connectivity index (χ3n) is 5.29. The van der Waals surface area contributed by atoms with Gasteiger partial charge in [-0.25, -0.2) is 5.43 Å². The van der Waals surface area contributed by atoms with Gasteiger partial charge in [0, 0.05) is 5.69 Å². The molecule has 3 aromatic rings. The van der Waals surface area contributed by atoms with Crippen LogP contribution in [0.1, 0.15) is 25.3 Å². The molecular weight excluding hydrogens is 686 g/mol. The summed E-state index contributed by atoms with van der Waals surface area (Å²) in [5, 5.41) is 9.53. The number of benzene rings is 3. The zero-order chi connectivity index (χ0) is 29.8. The average Bonchev–Trinajstić information content (AvgIpc) is 2.95. The highest BCUT2D eigenvalue weighted by Crippen LogP contribution is 2.34. The van der Waals surface area contributed by atoms with E-state index >= 15 is 0 Å². The predicted molar refractivity (Wildman–Crippen MR) is 168 cm³/mol. The number of carbonyl (C=O) groups excluding carboxylic acids is 3. The van der Waals surface area contributed by atoms with Gasteiger partial charge in [0.15, 0.2) is 18.1 Å². The number of hydrogen-bond acceptors (Lipinski definition) is 7. The van der Waals surface area contributed by atoms with Crippen LogP contribution in [0.3, 0.4) is 0 Å². The van der Waals surface area contributed by atoms with E-state index in [2.05, 4.69) is 28.1 Å². The number of hydrazone groups is 1. The Morgan fingerprint density at radius 2 is 1.76 bits per heavy atom. The molecule has 3 rings (SSSR count).